The summed E-state index contributed by atoms with van der Waals surface area (Å²) in [6, 6.07) is 128. The molecule has 0 heterocycles. The second-order valence-electron chi connectivity index (χ2n) is 37.1. The molecule has 16 N–H and O–H groups in total. The Labute approximate surface area is 860 Å². The van der Waals surface area contributed by atoms with E-state index in [1.165, 1.54) is 11.1 Å². The predicted octanol–water partition coefficient (Wildman–Crippen LogP) is 30.5. The normalized spacial score (nSPS) is 11.1. The maximum Gasteiger partial charge on any atom is 0.123 e. The van der Waals surface area contributed by atoms with Gasteiger partial charge in [-0.15, -0.1) is 0 Å². The van der Waals surface area contributed by atoms with Crippen molar-refractivity contribution in [1.82, 2.24) is 0 Å². The molecule has 0 aromatic heterocycles. The van der Waals surface area contributed by atoms with Gasteiger partial charge in [-0.3, -0.25) is 0 Å². The van der Waals surface area contributed by atoms with Gasteiger partial charge in [0.05, 0.1) is 0 Å². The van der Waals surface area contributed by atoms with Crippen LogP contribution in [-0.2, 0) is 12.8 Å². The number of phenolic OH excluding ortho intramolecular Hbond substituents is 16. The minimum absolute atomic E-state index is 0.0743. The maximum absolute atomic E-state index is 11.1. The van der Waals surface area contributed by atoms with Gasteiger partial charge in [-0.05, 0) is 322 Å². The fourth-order valence-electron chi connectivity index (χ4n) is 19.4. The molecule has 0 aliphatic rings. The van der Waals surface area contributed by atoms with Gasteiger partial charge in [0.25, 0.3) is 0 Å². The third kappa shape index (κ3) is 22.6. The second-order valence-corrected chi connectivity index (χ2v) is 37.1. The van der Waals surface area contributed by atoms with Gasteiger partial charge < -0.3 is 81.7 Å². The first-order valence-electron chi connectivity index (χ1n) is 48.8. The fraction of sp³-hybridized carbons (Fsp3) is 0.0909. The van der Waals surface area contributed by atoms with Crippen LogP contribution in [-0.4, -0.2) is 81.7 Å². The third-order valence-corrected chi connectivity index (χ3v) is 27.3. The lowest BCUT2D eigenvalue weighted by atomic mass is 9.80. The van der Waals surface area contributed by atoms with Crippen molar-refractivity contribution in [3.63, 3.8) is 0 Å². The molecule has 20 aromatic rings. The molecule has 16 heteroatoms. The lowest BCUT2D eigenvalue weighted by molar-refractivity contribution is 0.458. The Hall–Kier alpha value is -18.8. The van der Waals surface area contributed by atoms with E-state index >= 15 is 0 Å². The number of para-hydroxylation sites is 4. The zero-order chi connectivity index (χ0) is 104. The molecule has 20 aromatic carbocycles. The zero-order valence-electron chi connectivity index (χ0n) is 82.3. The summed E-state index contributed by atoms with van der Waals surface area (Å²) >= 11 is 0. The van der Waals surface area contributed by atoms with Crippen LogP contribution in [0.2, 0.25) is 0 Å². The Morgan fingerprint density at radius 1 is 0.155 bits per heavy atom. The standard InChI is InChI=1S/4C33H28O4/c1-20-3-14-28(21(2)17-20)33(29-18-24(8-15-31(29)36)22-4-10-26(34)11-5-22)30-19-25(9-16-32(30)37)23-6-12-27(35)13-7-23;1-20-11-14-24(21(2)17-20)33(22-12-15-31(36)27(18-22)25-7-3-5-9-29(25)34)23-13-16-32(37)28(19-23)26-8-4-6-10-30(26)35;1-2-21-3-5-24(6-4-21)33(29-19-25(11-17-31(29)36)22-7-13-27(34)14-8-22)30-20-26(12-18-32(30)37)23-9-15-28(35)16-10-23;1-2-21-11-13-22(14-12-21)33(23-15-17-31(36)27(19-23)25-7-3-5-9-29(25)34)24-16-18-32(37)28(20-24)26-8-4-6-10-30(26)35/h2*3-19,33-37H,1-2H3;2*3-20,33-37H,2H2,1H3. The largest absolute Gasteiger partial charge is 0.508 e. The van der Waals surface area contributed by atoms with E-state index < -0.39 is 11.8 Å². The Morgan fingerprint density at radius 3 is 0.628 bits per heavy atom. The molecule has 736 valence electrons. The van der Waals surface area contributed by atoms with Crippen LogP contribution in [0.3, 0.4) is 0 Å². The molecule has 16 nitrogen and oxygen atoms in total. The van der Waals surface area contributed by atoms with Crippen molar-refractivity contribution in [2.45, 2.75) is 78.1 Å². The topological polar surface area (TPSA) is 324 Å². The average Bonchev–Trinajstić information content (AvgIpc) is 0.775. The monoisotopic (exact) mass is 1950 g/mol. The van der Waals surface area contributed by atoms with Crippen molar-refractivity contribution in [2.24, 2.45) is 0 Å². The van der Waals surface area contributed by atoms with Crippen LogP contribution in [0.1, 0.15) is 138 Å². The summed E-state index contributed by atoms with van der Waals surface area (Å²) in [4.78, 5) is 0. The molecule has 0 amide bonds. The SMILES string of the molecule is CCc1ccc(C(c2cc(-c3ccc(O)cc3)ccc2O)c2cc(-c3ccc(O)cc3)ccc2O)cc1.CCc1ccc(C(c2ccc(O)c(-c3ccccc3O)c2)c2ccc(O)c(-c3ccccc3O)c2)cc1.Cc1ccc(C(c2cc(-c3ccc(O)cc3)ccc2O)c2cc(-c3ccc(O)cc3)ccc2O)c(C)c1.Cc1ccc(C(c2ccc(O)c(-c3ccccc3O)c2)c2ccc(O)c(-c3ccccc3O)c2)c(C)c1. The van der Waals surface area contributed by atoms with Crippen LogP contribution < -0.4 is 0 Å². The van der Waals surface area contributed by atoms with Gasteiger partial charge in [0.1, 0.15) is 92.0 Å². The molecule has 0 radical (unpaired) electrons. The van der Waals surface area contributed by atoms with Crippen molar-refractivity contribution in [3.05, 3.63) is 525 Å². The number of aryl methyl sites for hydroxylation is 6. The molecule has 0 bridgehead atoms. The van der Waals surface area contributed by atoms with Crippen molar-refractivity contribution in [3.8, 4) is 181 Å². The van der Waals surface area contributed by atoms with Gasteiger partial charge in [-0.2, -0.15) is 0 Å². The van der Waals surface area contributed by atoms with Gasteiger partial charge in [0.15, 0.2) is 0 Å². The summed E-state index contributed by atoms with van der Waals surface area (Å²) in [5, 5.41) is 168. The molecule has 0 spiro atoms. The van der Waals surface area contributed by atoms with Crippen molar-refractivity contribution >= 4 is 0 Å². The van der Waals surface area contributed by atoms with E-state index in [0.29, 0.717) is 66.8 Å². The first-order chi connectivity index (χ1) is 71.5. The molecule has 0 atom stereocenters. The van der Waals surface area contributed by atoms with E-state index in [1.54, 1.807) is 170 Å². The molecular formula is C132H112O16. The molecule has 0 saturated carbocycles. The molecule has 148 heavy (non-hydrogen) atoms. The van der Waals surface area contributed by atoms with Crippen LogP contribution in [0.5, 0.6) is 92.0 Å². The average molecular weight is 1950 g/mol. The van der Waals surface area contributed by atoms with E-state index in [0.717, 1.165) is 124 Å². The van der Waals surface area contributed by atoms with E-state index in [-0.39, 0.29) is 104 Å². The summed E-state index contributed by atoms with van der Waals surface area (Å²) in [7, 11) is 0. The highest BCUT2D eigenvalue weighted by Crippen LogP contribution is 2.51. The molecule has 0 saturated heterocycles. The van der Waals surface area contributed by atoms with Gasteiger partial charge in [0.2, 0.25) is 0 Å². The molecule has 0 fully saturated rings. The minimum Gasteiger partial charge on any atom is -0.508 e. The van der Waals surface area contributed by atoms with Gasteiger partial charge >= 0.3 is 0 Å². The summed E-state index contributed by atoms with van der Waals surface area (Å²) in [5.74, 6) is 0.537. The van der Waals surface area contributed by atoms with Crippen molar-refractivity contribution < 1.29 is 81.7 Å². The third-order valence-electron chi connectivity index (χ3n) is 27.3. The summed E-state index contributed by atoms with van der Waals surface area (Å²) < 4.78 is 0. The number of benzene rings is 20. The van der Waals surface area contributed by atoms with E-state index in [9.17, 15) is 81.7 Å². The first kappa shape index (κ1) is 101. The Balaban J connectivity index is 0.000000135. The van der Waals surface area contributed by atoms with E-state index in [4.69, 9.17) is 0 Å². The molecule has 0 aliphatic heterocycles. The summed E-state index contributed by atoms with van der Waals surface area (Å²) in [5.41, 5.74) is 28.7. The Kier molecular flexibility index (Phi) is 30.5. The number of aromatic hydroxyl groups is 16. The highest BCUT2D eigenvalue weighted by molar-refractivity contribution is 5.83. The quantitative estimate of drug-likeness (QED) is 0.0280. The summed E-state index contributed by atoms with van der Waals surface area (Å²) in [6.07, 6.45) is 1.84. The van der Waals surface area contributed by atoms with Gasteiger partial charge in [-0.25, -0.2) is 0 Å². The van der Waals surface area contributed by atoms with Crippen molar-refractivity contribution in [2.75, 3.05) is 0 Å². The zero-order valence-corrected chi connectivity index (χ0v) is 82.3. The van der Waals surface area contributed by atoms with E-state index in [1.807, 2.05) is 202 Å². The van der Waals surface area contributed by atoms with Gasteiger partial charge in [-0.1, -0.05) is 280 Å². The van der Waals surface area contributed by atoms with Crippen LogP contribution >= 0.6 is 0 Å². The molecular weight excluding hydrogens is 1840 g/mol. The van der Waals surface area contributed by atoms with Crippen LogP contribution in [0.4, 0.5) is 0 Å². The molecule has 0 aliphatic carbocycles. The minimum atomic E-state index is -0.449. The van der Waals surface area contributed by atoms with Gasteiger partial charge in [0, 0.05) is 90.4 Å². The Bertz CT molecular complexity index is 7780. The molecule has 0 unspecified atom stereocenters. The maximum atomic E-state index is 11.1. The predicted molar refractivity (Wildman–Crippen MR) is 589 cm³/mol. The van der Waals surface area contributed by atoms with E-state index in [2.05, 4.69) is 94.4 Å². The summed E-state index contributed by atoms with van der Waals surface area (Å²) in [6.45, 7) is 12.4. The van der Waals surface area contributed by atoms with Crippen molar-refractivity contribution in [1.29, 1.82) is 0 Å². The first-order valence-corrected chi connectivity index (χ1v) is 48.8. The smallest absolute Gasteiger partial charge is 0.123 e. The van der Waals surface area contributed by atoms with Crippen LogP contribution in [0, 0.1) is 27.7 Å². The Morgan fingerprint density at radius 2 is 0.372 bits per heavy atom. The highest BCUT2D eigenvalue weighted by atomic mass is 16.3. The van der Waals surface area contributed by atoms with Crippen LogP contribution in [0.25, 0.3) is 89.0 Å². The molecule has 20 rings (SSSR count). The number of hydrogen-bond donors (Lipinski definition) is 16. The fourth-order valence-corrected chi connectivity index (χ4v) is 19.4. The number of hydrogen-bond acceptors (Lipinski definition) is 16. The number of rotatable bonds is 22. The second kappa shape index (κ2) is 44.8. The lowest BCUT2D eigenvalue weighted by Crippen LogP contribution is -2.07. The highest BCUT2D eigenvalue weighted by Gasteiger charge is 2.31. The number of phenols is 16. The van der Waals surface area contributed by atoms with Crippen LogP contribution in [0.15, 0.2) is 425 Å². The lowest BCUT2D eigenvalue weighted by Gasteiger charge is -2.24.